The van der Waals surface area contributed by atoms with E-state index < -0.39 is 0 Å². The number of anilines is 6. The first-order valence-corrected chi connectivity index (χ1v) is 37.4. The fraction of sp³-hybridized carbons (Fsp3) is 0.0385. The minimum Gasteiger partial charge on any atom is -0.335 e. The lowest BCUT2D eigenvalue weighted by Gasteiger charge is -2.27. The van der Waals surface area contributed by atoms with Gasteiger partial charge in [-0.3, -0.25) is 0 Å². The fourth-order valence-electron chi connectivity index (χ4n) is 17.0. The van der Waals surface area contributed by atoms with Gasteiger partial charge in [0.05, 0.1) is 11.0 Å². The van der Waals surface area contributed by atoms with Gasteiger partial charge >= 0.3 is 0 Å². The third kappa shape index (κ3) is 11.5. The van der Waals surface area contributed by atoms with E-state index in [0.29, 0.717) is 0 Å². The van der Waals surface area contributed by atoms with E-state index in [1.54, 1.807) is 0 Å². The molecular weight excluding hydrogens is 1310 g/mol. The van der Waals surface area contributed by atoms with Gasteiger partial charge in [-0.15, -0.1) is 0 Å². The normalized spacial score (nSPS) is 11.7. The van der Waals surface area contributed by atoms with E-state index >= 15 is 0 Å². The summed E-state index contributed by atoms with van der Waals surface area (Å²) in [6, 6.07) is 148. The van der Waals surface area contributed by atoms with E-state index in [1.807, 2.05) is 0 Å². The lowest BCUT2D eigenvalue weighted by molar-refractivity contribution is 0.423. The van der Waals surface area contributed by atoms with Crippen molar-refractivity contribution in [1.29, 1.82) is 0 Å². The summed E-state index contributed by atoms with van der Waals surface area (Å²) in [6.45, 7) is 6.85. The third-order valence-corrected chi connectivity index (χ3v) is 21.6. The molecule has 20 aromatic rings. The Bertz CT molecular complexity index is 6620. The van der Waals surface area contributed by atoms with E-state index in [-0.39, 0.29) is 5.54 Å². The number of nitrogens with zero attached hydrogens (tertiary/aromatic N) is 4. The number of hydrogen-bond donors (Lipinski definition) is 0. The molecule has 0 saturated heterocycles. The molecular formula is C104H76N4. The standard InChI is InChI=1S/C56H38N2.C48H38N2/c1-4-17-39(18-5-1)41-19-16-20-42(37-41)56-50-28-12-10-26-48(50)55(49-27-11-13-29-51(49)56)40-31-33-45(34-32-40)57(43-21-6-2-7-22-43)46-35-36-54-52(38-46)47-25-14-15-30-53(47)58(54)44-23-8-3-9-24-44;1-48(2,3)50-44-25-15-14-20-38(44)43-32-37(30-31-45(43)50)49(35-18-8-5-9-19-35)36-28-26-34(27-29-36)47-41-23-12-10-21-39(41)46(33-16-6-4-7-17-33)40-22-11-13-24-42(40)47/h1-38H;4-32H,1-3H3. The molecule has 0 bridgehead atoms. The number of hydrogen-bond acceptors (Lipinski definition) is 2. The van der Waals surface area contributed by atoms with Crippen LogP contribution in [-0.2, 0) is 5.54 Å². The Kier molecular flexibility index (Phi) is 16.5. The predicted molar refractivity (Wildman–Crippen MR) is 462 cm³/mol. The molecule has 0 aliphatic heterocycles. The number of para-hydroxylation sites is 5. The topological polar surface area (TPSA) is 16.3 Å². The number of aromatic nitrogens is 2. The second kappa shape index (κ2) is 27.4. The smallest absolute Gasteiger partial charge is 0.0542 e. The van der Waals surface area contributed by atoms with Crippen molar-refractivity contribution in [3.8, 4) is 61.3 Å². The Labute approximate surface area is 629 Å². The molecule has 0 radical (unpaired) electrons. The highest BCUT2D eigenvalue weighted by Crippen LogP contribution is 2.49. The summed E-state index contributed by atoms with van der Waals surface area (Å²) in [5.41, 5.74) is 25.1. The summed E-state index contributed by atoms with van der Waals surface area (Å²) in [4.78, 5) is 4.75. The lowest BCUT2D eigenvalue weighted by Crippen LogP contribution is -2.21. The Morgan fingerprint density at radius 3 is 0.898 bits per heavy atom. The van der Waals surface area contributed by atoms with Crippen molar-refractivity contribution in [2.45, 2.75) is 26.3 Å². The molecule has 20 rings (SSSR count). The zero-order valence-electron chi connectivity index (χ0n) is 60.5. The third-order valence-electron chi connectivity index (χ3n) is 21.6. The number of benzene rings is 18. The Morgan fingerprint density at radius 2 is 0.463 bits per heavy atom. The second-order valence-corrected chi connectivity index (χ2v) is 29.0. The van der Waals surface area contributed by atoms with Gasteiger partial charge < -0.3 is 18.9 Å². The van der Waals surface area contributed by atoms with Gasteiger partial charge in [0.15, 0.2) is 0 Å². The highest BCUT2D eigenvalue weighted by molar-refractivity contribution is 6.23. The summed E-state index contributed by atoms with van der Waals surface area (Å²) < 4.78 is 4.84. The van der Waals surface area contributed by atoms with Crippen LogP contribution >= 0.6 is 0 Å². The van der Waals surface area contributed by atoms with Crippen molar-refractivity contribution in [3.63, 3.8) is 0 Å². The van der Waals surface area contributed by atoms with Crippen LogP contribution in [0.2, 0.25) is 0 Å². The maximum Gasteiger partial charge on any atom is 0.0542 e. The summed E-state index contributed by atoms with van der Waals surface area (Å²) in [6.07, 6.45) is 0. The molecule has 0 N–H and O–H groups in total. The highest BCUT2D eigenvalue weighted by atomic mass is 15.2. The van der Waals surface area contributed by atoms with Crippen LogP contribution in [0, 0.1) is 0 Å². The molecule has 4 nitrogen and oxygen atoms in total. The van der Waals surface area contributed by atoms with E-state index in [0.717, 1.165) is 39.8 Å². The van der Waals surface area contributed by atoms with Gasteiger partial charge in [0.1, 0.15) is 0 Å². The SMILES string of the molecule is CC(C)(C)n1c2ccccc2c2cc(N(c3ccccc3)c3ccc(-c4c5ccccc5c(-c5ccccc5)c5ccccc45)cc3)ccc21.c1ccc(-c2cccc(-c3c4ccccc4c(-c4ccc(N(c5ccccc5)c5ccc6c(c5)c5ccccc5n6-c5ccccc5)cc4)c4ccccc34)c2)cc1. The van der Waals surface area contributed by atoms with Crippen molar-refractivity contribution in [1.82, 2.24) is 9.13 Å². The average Bonchev–Trinajstić information content (AvgIpc) is 1.12. The van der Waals surface area contributed by atoms with Crippen molar-refractivity contribution in [2.24, 2.45) is 0 Å². The van der Waals surface area contributed by atoms with Crippen LogP contribution < -0.4 is 9.80 Å². The largest absolute Gasteiger partial charge is 0.335 e. The summed E-state index contributed by atoms with van der Waals surface area (Å²) >= 11 is 0. The Hall–Kier alpha value is -13.8. The average molecular weight is 1380 g/mol. The van der Waals surface area contributed by atoms with E-state index in [1.165, 1.54) is 142 Å². The molecule has 0 unspecified atom stereocenters. The molecule has 0 aliphatic rings. The van der Waals surface area contributed by atoms with Crippen LogP contribution in [0.25, 0.3) is 148 Å². The van der Waals surface area contributed by atoms with Gasteiger partial charge in [-0.2, -0.15) is 0 Å². The van der Waals surface area contributed by atoms with Gasteiger partial charge in [0.25, 0.3) is 0 Å². The van der Waals surface area contributed by atoms with Gasteiger partial charge in [-0.25, -0.2) is 0 Å². The first-order chi connectivity index (χ1) is 53.3. The number of fused-ring (bicyclic) bond motifs is 10. The Balaban J connectivity index is 0.000000149. The molecule has 0 amide bonds. The van der Waals surface area contributed by atoms with E-state index in [2.05, 4.69) is 446 Å². The molecule has 0 aliphatic carbocycles. The van der Waals surface area contributed by atoms with E-state index in [4.69, 9.17) is 0 Å². The highest BCUT2D eigenvalue weighted by Gasteiger charge is 2.25. The zero-order valence-corrected chi connectivity index (χ0v) is 60.5. The summed E-state index contributed by atoms with van der Waals surface area (Å²) in [5.74, 6) is 0. The predicted octanol–water partition coefficient (Wildman–Crippen LogP) is 29.2. The lowest BCUT2D eigenvalue weighted by atomic mass is 9.85. The summed E-state index contributed by atoms with van der Waals surface area (Å²) in [7, 11) is 0. The van der Waals surface area contributed by atoms with Crippen LogP contribution in [-0.4, -0.2) is 9.13 Å². The van der Waals surface area contributed by atoms with Crippen LogP contribution in [0.1, 0.15) is 20.8 Å². The monoisotopic (exact) mass is 1380 g/mol. The maximum atomic E-state index is 2.47. The minimum absolute atomic E-state index is 0.0501. The van der Waals surface area contributed by atoms with Gasteiger partial charge in [-0.05, 0) is 235 Å². The van der Waals surface area contributed by atoms with Gasteiger partial charge in [-0.1, -0.05) is 291 Å². The quantitative estimate of drug-likeness (QED) is 0.113. The molecule has 108 heavy (non-hydrogen) atoms. The molecule has 0 fully saturated rings. The van der Waals surface area contributed by atoms with Gasteiger partial charge in [0, 0.05) is 77.9 Å². The van der Waals surface area contributed by atoms with Crippen LogP contribution in [0.15, 0.2) is 406 Å². The first-order valence-electron chi connectivity index (χ1n) is 37.4. The summed E-state index contributed by atoms with van der Waals surface area (Å²) in [5, 5.41) is 15.1. The molecule has 18 aromatic carbocycles. The molecule has 0 atom stereocenters. The molecule has 0 saturated carbocycles. The minimum atomic E-state index is -0.0501. The molecule has 2 aromatic heterocycles. The van der Waals surface area contributed by atoms with Crippen molar-refractivity contribution >= 4 is 121 Å². The first kappa shape index (κ1) is 65.0. The zero-order chi connectivity index (χ0) is 72.2. The van der Waals surface area contributed by atoms with Crippen molar-refractivity contribution < 1.29 is 0 Å². The number of rotatable bonds is 12. The van der Waals surface area contributed by atoms with Crippen molar-refractivity contribution in [2.75, 3.05) is 9.80 Å². The van der Waals surface area contributed by atoms with Crippen LogP contribution in [0.3, 0.4) is 0 Å². The molecule has 0 spiro atoms. The Morgan fingerprint density at radius 1 is 0.185 bits per heavy atom. The van der Waals surface area contributed by atoms with Crippen molar-refractivity contribution in [3.05, 3.63) is 406 Å². The maximum absolute atomic E-state index is 2.47. The van der Waals surface area contributed by atoms with E-state index in [9.17, 15) is 0 Å². The fourth-order valence-corrected chi connectivity index (χ4v) is 17.0. The van der Waals surface area contributed by atoms with Crippen LogP contribution in [0.4, 0.5) is 34.1 Å². The van der Waals surface area contributed by atoms with Gasteiger partial charge in [0.2, 0.25) is 0 Å². The van der Waals surface area contributed by atoms with Crippen LogP contribution in [0.5, 0.6) is 0 Å². The second-order valence-electron chi connectivity index (χ2n) is 29.0. The molecule has 2 heterocycles. The molecule has 512 valence electrons. The molecule has 4 heteroatoms.